The highest BCUT2D eigenvalue weighted by Gasteiger charge is 2.33. The van der Waals surface area contributed by atoms with Gasteiger partial charge in [-0.1, -0.05) is 23.2 Å². The SMILES string of the molecule is CCOC(=O)C1CCc2sc(-c3cc(Cl)ccc3Cl)nc21. The van der Waals surface area contributed by atoms with E-state index < -0.39 is 0 Å². The van der Waals surface area contributed by atoms with Gasteiger partial charge in [0, 0.05) is 15.5 Å². The highest BCUT2D eigenvalue weighted by Crippen LogP contribution is 2.42. The molecule has 1 unspecified atom stereocenters. The third-order valence-corrected chi connectivity index (χ3v) is 5.18. The van der Waals surface area contributed by atoms with Gasteiger partial charge in [0.1, 0.15) is 10.9 Å². The number of aryl methyl sites for hydroxylation is 1. The van der Waals surface area contributed by atoms with Gasteiger partial charge in [-0.15, -0.1) is 11.3 Å². The molecular formula is C15H13Cl2NO2S. The normalized spacial score (nSPS) is 16.8. The Morgan fingerprint density at radius 3 is 3.05 bits per heavy atom. The zero-order valence-corrected chi connectivity index (χ0v) is 13.7. The van der Waals surface area contributed by atoms with Gasteiger partial charge < -0.3 is 4.74 Å². The van der Waals surface area contributed by atoms with Crippen LogP contribution in [0.15, 0.2) is 18.2 Å². The quantitative estimate of drug-likeness (QED) is 0.759. The number of halogens is 2. The number of rotatable bonds is 3. The van der Waals surface area contributed by atoms with Gasteiger partial charge in [0.05, 0.1) is 17.3 Å². The topological polar surface area (TPSA) is 39.2 Å². The molecule has 0 fully saturated rings. The molecule has 0 radical (unpaired) electrons. The van der Waals surface area contributed by atoms with Crippen LogP contribution in [0, 0.1) is 0 Å². The Kier molecular flexibility index (Phi) is 4.20. The highest BCUT2D eigenvalue weighted by molar-refractivity contribution is 7.15. The van der Waals surface area contributed by atoms with Gasteiger partial charge in [-0.2, -0.15) is 0 Å². The van der Waals surface area contributed by atoms with Crippen molar-refractivity contribution in [2.75, 3.05) is 6.61 Å². The van der Waals surface area contributed by atoms with Crippen molar-refractivity contribution >= 4 is 40.5 Å². The molecule has 21 heavy (non-hydrogen) atoms. The molecule has 110 valence electrons. The van der Waals surface area contributed by atoms with E-state index in [0.717, 1.165) is 34.0 Å². The molecular weight excluding hydrogens is 329 g/mol. The Labute approximate surface area is 136 Å². The van der Waals surface area contributed by atoms with Gasteiger partial charge >= 0.3 is 5.97 Å². The van der Waals surface area contributed by atoms with Gasteiger partial charge in [0.15, 0.2) is 0 Å². The minimum absolute atomic E-state index is 0.190. The van der Waals surface area contributed by atoms with Crippen molar-refractivity contribution in [2.24, 2.45) is 0 Å². The molecule has 1 atom stereocenters. The Morgan fingerprint density at radius 1 is 1.48 bits per heavy atom. The zero-order valence-electron chi connectivity index (χ0n) is 11.4. The first-order valence-corrected chi connectivity index (χ1v) is 8.29. The van der Waals surface area contributed by atoms with E-state index in [1.165, 1.54) is 0 Å². The van der Waals surface area contributed by atoms with E-state index in [2.05, 4.69) is 4.98 Å². The molecule has 1 heterocycles. The molecule has 0 saturated heterocycles. The summed E-state index contributed by atoms with van der Waals surface area (Å²) in [5.41, 5.74) is 1.65. The molecule has 0 N–H and O–H groups in total. The summed E-state index contributed by atoms with van der Waals surface area (Å²) in [5.74, 6) is -0.437. The molecule has 0 spiro atoms. The van der Waals surface area contributed by atoms with Crippen LogP contribution in [0.3, 0.4) is 0 Å². The van der Waals surface area contributed by atoms with Crippen LogP contribution in [0.2, 0.25) is 10.0 Å². The summed E-state index contributed by atoms with van der Waals surface area (Å²) < 4.78 is 5.12. The molecule has 2 aromatic rings. The molecule has 0 bridgehead atoms. The average Bonchev–Trinajstić information content (AvgIpc) is 3.01. The van der Waals surface area contributed by atoms with Crippen molar-refractivity contribution in [2.45, 2.75) is 25.7 Å². The number of nitrogens with zero attached hydrogens (tertiary/aromatic N) is 1. The van der Waals surface area contributed by atoms with Crippen molar-refractivity contribution in [1.29, 1.82) is 0 Å². The minimum Gasteiger partial charge on any atom is -0.465 e. The van der Waals surface area contributed by atoms with Crippen LogP contribution in [0.4, 0.5) is 0 Å². The number of hydrogen-bond donors (Lipinski definition) is 0. The predicted octanol–water partition coefficient (Wildman–Crippen LogP) is 4.71. The fourth-order valence-electron chi connectivity index (χ4n) is 2.48. The van der Waals surface area contributed by atoms with Crippen LogP contribution in [0.1, 0.15) is 29.8 Å². The number of carbonyl (C=O) groups excluding carboxylic acids is 1. The van der Waals surface area contributed by atoms with E-state index >= 15 is 0 Å². The lowest BCUT2D eigenvalue weighted by Gasteiger charge is -2.08. The van der Waals surface area contributed by atoms with Gasteiger partial charge in [-0.05, 0) is 38.0 Å². The van der Waals surface area contributed by atoms with Crippen LogP contribution in [-0.4, -0.2) is 17.6 Å². The van der Waals surface area contributed by atoms with Gasteiger partial charge in [-0.3, -0.25) is 4.79 Å². The Balaban J connectivity index is 1.97. The summed E-state index contributed by atoms with van der Waals surface area (Å²) in [4.78, 5) is 17.7. The number of ether oxygens (including phenoxy) is 1. The molecule has 3 rings (SSSR count). The van der Waals surface area contributed by atoms with Gasteiger partial charge in [-0.25, -0.2) is 4.98 Å². The van der Waals surface area contributed by atoms with E-state index in [0.29, 0.717) is 16.7 Å². The minimum atomic E-state index is -0.247. The van der Waals surface area contributed by atoms with Crippen molar-refractivity contribution < 1.29 is 9.53 Å². The van der Waals surface area contributed by atoms with E-state index in [1.54, 1.807) is 29.5 Å². The van der Waals surface area contributed by atoms with Crippen LogP contribution in [-0.2, 0) is 16.0 Å². The van der Waals surface area contributed by atoms with Crippen LogP contribution >= 0.6 is 34.5 Å². The third-order valence-electron chi connectivity index (χ3n) is 3.45. The second-order valence-corrected chi connectivity index (χ2v) is 6.72. The summed E-state index contributed by atoms with van der Waals surface area (Å²) in [6.07, 6.45) is 1.63. The van der Waals surface area contributed by atoms with Gasteiger partial charge in [0.25, 0.3) is 0 Å². The van der Waals surface area contributed by atoms with E-state index in [-0.39, 0.29) is 11.9 Å². The zero-order chi connectivity index (χ0) is 15.0. The molecule has 0 saturated carbocycles. The maximum atomic E-state index is 12.0. The number of benzene rings is 1. The second kappa shape index (κ2) is 5.95. The Morgan fingerprint density at radius 2 is 2.29 bits per heavy atom. The summed E-state index contributed by atoms with van der Waals surface area (Å²) >= 11 is 13.8. The molecule has 0 aliphatic heterocycles. The fourth-order valence-corrected chi connectivity index (χ4v) is 4.08. The van der Waals surface area contributed by atoms with Crippen molar-refractivity contribution in [3.8, 4) is 10.6 Å². The molecule has 0 amide bonds. The van der Waals surface area contributed by atoms with E-state index in [9.17, 15) is 4.79 Å². The maximum absolute atomic E-state index is 12.0. The third kappa shape index (κ3) is 2.80. The Bertz CT molecular complexity index is 699. The first-order valence-electron chi connectivity index (χ1n) is 6.71. The lowest BCUT2D eigenvalue weighted by Crippen LogP contribution is -2.14. The van der Waals surface area contributed by atoms with Crippen LogP contribution in [0.25, 0.3) is 10.6 Å². The number of esters is 1. The molecule has 1 aliphatic carbocycles. The first kappa shape index (κ1) is 14.8. The predicted molar refractivity (Wildman–Crippen MR) is 85.3 cm³/mol. The summed E-state index contributed by atoms with van der Waals surface area (Å²) in [6.45, 7) is 2.20. The standard InChI is InChI=1S/C15H13Cl2NO2S/c1-2-20-15(19)9-4-6-12-13(9)18-14(21-12)10-7-8(16)3-5-11(10)17/h3,5,7,9H,2,4,6H2,1H3. The first-order chi connectivity index (χ1) is 10.1. The molecule has 1 aromatic carbocycles. The molecule has 6 heteroatoms. The van der Waals surface area contributed by atoms with E-state index in [4.69, 9.17) is 27.9 Å². The van der Waals surface area contributed by atoms with Crippen LogP contribution in [0.5, 0.6) is 0 Å². The lowest BCUT2D eigenvalue weighted by molar-refractivity contribution is -0.145. The average molecular weight is 342 g/mol. The van der Waals surface area contributed by atoms with Crippen molar-refractivity contribution in [3.63, 3.8) is 0 Å². The Hall–Kier alpha value is -1.10. The number of carbonyl (C=O) groups is 1. The number of thiazole rings is 1. The largest absolute Gasteiger partial charge is 0.465 e. The smallest absolute Gasteiger partial charge is 0.315 e. The van der Waals surface area contributed by atoms with E-state index in [1.807, 2.05) is 6.92 Å². The fraction of sp³-hybridized carbons (Fsp3) is 0.333. The van der Waals surface area contributed by atoms with Crippen molar-refractivity contribution in [3.05, 3.63) is 38.8 Å². The second-order valence-electron chi connectivity index (χ2n) is 4.79. The highest BCUT2D eigenvalue weighted by atomic mass is 35.5. The lowest BCUT2D eigenvalue weighted by atomic mass is 10.1. The number of fused-ring (bicyclic) bond motifs is 1. The summed E-state index contributed by atoms with van der Waals surface area (Å²) in [6, 6.07) is 5.31. The molecule has 1 aliphatic rings. The summed E-state index contributed by atoms with van der Waals surface area (Å²) in [7, 11) is 0. The summed E-state index contributed by atoms with van der Waals surface area (Å²) in [5, 5.41) is 2.03. The number of hydrogen-bond acceptors (Lipinski definition) is 4. The van der Waals surface area contributed by atoms with Crippen molar-refractivity contribution in [1.82, 2.24) is 4.98 Å². The molecule has 1 aromatic heterocycles. The maximum Gasteiger partial charge on any atom is 0.315 e. The monoisotopic (exact) mass is 341 g/mol. The molecule has 3 nitrogen and oxygen atoms in total. The van der Waals surface area contributed by atoms with Gasteiger partial charge in [0.2, 0.25) is 0 Å². The van der Waals surface area contributed by atoms with Crippen LogP contribution < -0.4 is 0 Å². The number of aromatic nitrogens is 1.